The molecule has 0 aromatic heterocycles. The number of piperidine rings is 2. The lowest BCUT2D eigenvalue weighted by Gasteiger charge is -2.41. The topological polar surface area (TPSA) is 49.4 Å². The zero-order valence-electron chi connectivity index (χ0n) is 11.4. The Hall–Kier alpha value is -1.43. The fourth-order valence-corrected chi connectivity index (χ4v) is 3.46. The zero-order chi connectivity index (χ0) is 15.0. The summed E-state index contributed by atoms with van der Waals surface area (Å²) in [5.41, 5.74) is 0.108. The fraction of sp³-hybridized carbons (Fsp3) is 0.467. The van der Waals surface area contributed by atoms with E-state index >= 15 is 0 Å². The van der Waals surface area contributed by atoms with E-state index in [4.69, 9.17) is 0 Å². The lowest BCUT2D eigenvalue weighted by Crippen LogP contribution is -2.55. The second-order valence-corrected chi connectivity index (χ2v) is 6.55. The number of halogens is 2. The number of likely N-dealkylation sites (tertiary alicyclic amines) is 1. The lowest BCUT2D eigenvalue weighted by atomic mass is 9.85. The minimum absolute atomic E-state index is 0.0926. The fourth-order valence-electron chi connectivity index (χ4n) is 3.13. The van der Waals surface area contributed by atoms with Crippen LogP contribution in [0, 0.1) is 11.7 Å². The third-order valence-corrected chi connectivity index (χ3v) is 4.76. The summed E-state index contributed by atoms with van der Waals surface area (Å²) in [5, 5.41) is 2.98. The third-order valence-electron chi connectivity index (χ3n) is 4.27. The van der Waals surface area contributed by atoms with Crippen molar-refractivity contribution in [2.75, 3.05) is 13.1 Å². The number of hydrogen-bond acceptors (Lipinski definition) is 2. The van der Waals surface area contributed by atoms with Crippen LogP contribution in [0.15, 0.2) is 22.7 Å². The molecule has 2 fully saturated rings. The van der Waals surface area contributed by atoms with Gasteiger partial charge in [0.25, 0.3) is 5.91 Å². The Bertz CT molecular complexity index is 593. The van der Waals surface area contributed by atoms with Gasteiger partial charge in [0.2, 0.25) is 5.91 Å². The van der Waals surface area contributed by atoms with Crippen LogP contribution in [-0.4, -0.2) is 35.8 Å². The van der Waals surface area contributed by atoms with E-state index in [1.54, 1.807) is 11.0 Å². The molecule has 0 spiro atoms. The van der Waals surface area contributed by atoms with E-state index in [9.17, 15) is 14.0 Å². The predicted octanol–water partition coefficient (Wildman–Crippen LogP) is 2.33. The monoisotopic (exact) mass is 354 g/mol. The van der Waals surface area contributed by atoms with Crippen LogP contribution in [0.4, 0.5) is 4.39 Å². The molecule has 112 valence electrons. The average Bonchev–Trinajstić information content (AvgIpc) is 2.46. The molecule has 4 nitrogen and oxygen atoms in total. The Morgan fingerprint density at radius 3 is 2.95 bits per heavy atom. The summed E-state index contributed by atoms with van der Waals surface area (Å²) in [6, 6.07) is 4.64. The van der Waals surface area contributed by atoms with E-state index in [1.165, 1.54) is 12.1 Å². The largest absolute Gasteiger partial charge is 0.353 e. The van der Waals surface area contributed by atoms with Crippen LogP contribution in [-0.2, 0) is 4.79 Å². The first-order valence-electron chi connectivity index (χ1n) is 7.08. The van der Waals surface area contributed by atoms with E-state index in [2.05, 4.69) is 21.2 Å². The number of fused-ring (bicyclic) bond motifs is 1. The van der Waals surface area contributed by atoms with Gasteiger partial charge in [-0.3, -0.25) is 9.59 Å². The van der Waals surface area contributed by atoms with Crippen molar-refractivity contribution in [1.29, 1.82) is 0 Å². The number of hydrogen-bond donors (Lipinski definition) is 1. The van der Waals surface area contributed by atoms with Crippen molar-refractivity contribution in [2.45, 2.75) is 25.3 Å². The standard InChI is InChI=1S/C15H16BrFN2O2/c16-10-2-3-11(12(17)7-10)15(21)19-6-5-13-9(8-19)1-4-14(20)18-13/h2-3,7,9,13H,1,4-6,8H2,(H,18,20). The van der Waals surface area contributed by atoms with Gasteiger partial charge in [0, 0.05) is 30.0 Å². The zero-order valence-corrected chi connectivity index (χ0v) is 13.0. The van der Waals surface area contributed by atoms with Gasteiger partial charge in [-0.1, -0.05) is 15.9 Å². The molecule has 2 unspecified atom stereocenters. The molecule has 6 heteroatoms. The number of nitrogens with one attached hydrogen (secondary N) is 1. The number of amides is 2. The van der Waals surface area contributed by atoms with Crippen molar-refractivity contribution in [3.8, 4) is 0 Å². The second kappa shape index (κ2) is 5.75. The minimum Gasteiger partial charge on any atom is -0.353 e. The van der Waals surface area contributed by atoms with E-state index in [-0.39, 0.29) is 29.3 Å². The lowest BCUT2D eigenvalue weighted by molar-refractivity contribution is -0.125. The molecule has 2 heterocycles. The summed E-state index contributed by atoms with van der Waals surface area (Å²) in [6.07, 6.45) is 2.04. The smallest absolute Gasteiger partial charge is 0.256 e. The molecule has 1 aromatic rings. The summed E-state index contributed by atoms with van der Waals surface area (Å²) < 4.78 is 14.5. The SMILES string of the molecule is O=C1CCC2CN(C(=O)c3ccc(Br)cc3F)CCC2N1. The van der Waals surface area contributed by atoms with Gasteiger partial charge in [-0.15, -0.1) is 0 Å². The molecule has 2 aliphatic rings. The summed E-state index contributed by atoms with van der Waals surface area (Å²) in [7, 11) is 0. The van der Waals surface area contributed by atoms with Crippen molar-refractivity contribution in [1.82, 2.24) is 10.2 Å². The van der Waals surface area contributed by atoms with E-state index in [0.29, 0.717) is 24.0 Å². The van der Waals surface area contributed by atoms with Gasteiger partial charge >= 0.3 is 0 Å². The molecule has 21 heavy (non-hydrogen) atoms. The molecule has 0 radical (unpaired) electrons. The first-order valence-corrected chi connectivity index (χ1v) is 7.87. The third kappa shape index (κ3) is 2.95. The van der Waals surface area contributed by atoms with Crippen molar-refractivity contribution in [3.05, 3.63) is 34.1 Å². The van der Waals surface area contributed by atoms with Gasteiger partial charge in [-0.25, -0.2) is 4.39 Å². The molecular weight excluding hydrogens is 339 g/mol. The van der Waals surface area contributed by atoms with Crippen LogP contribution < -0.4 is 5.32 Å². The number of carbonyl (C=O) groups is 2. The molecule has 0 saturated carbocycles. The highest BCUT2D eigenvalue weighted by atomic mass is 79.9. The quantitative estimate of drug-likeness (QED) is 0.841. The highest BCUT2D eigenvalue weighted by molar-refractivity contribution is 9.10. The maximum atomic E-state index is 13.9. The Morgan fingerprint density at radius 2 is 2.19 bits per heavy atom. The molecule has 3 rings (SSSR count). The van der Waals surface area contributed by atoms with Crippen LogP contribution in [0.25, 0.3) is 0 Å². The highest BCUT2D eigenvalue weighted by Crippen LogP contribution is 2.27. The normalized spacial score (nSPS) is 25.2. The Labute approximate surface area is 130 Å². The van der Waals surface area contributed by atoms with Crippen molar-refractivity contribution in [2.24, 2.45) is 5.92 Å². The molecule has 2 atom stereocenters. The van der Waals surface area contributed by atoms with Gasteiger partial charge in [-0.05, 0) is 37.0 Å². The molecule has 2 aliphatic heterocycles. The minimum atomic E-state index is -0.506. The predicted molar refractivity (Wildman–Crippen MR) is 79.3 cm³/mol. The van der Waals surface area contributed by atoms with Crippen molar-refractivity contribution in [3.63, 3.8) is 0 Å². The molecule has 1 aromatic carbocycles. The van der Waals surface area contributed by atoms with Gasteiger partial charge in [0.1, 0.15) is 5.82 Å². The molecule has 2 amide bonds. The maximum absolute atomic E-state index is 13.9. The number of rotatable bonds is 1. The van der Waals surface area contributed by atoms with E-state index < -0.39 is 5.82 Å². The van der Waals surface area contributed by atoms with Crippen LogP contribution >= 0.6 is 15.9 Å². The van der Waals surface area contributed by atoms with Crippen LogP contribution in [0.5, 0.6) is 0 Å². The van der Waals surface area contributed by atoms with Crippen LogP contribution in [0.2, 0.25) is 0 Å². The molecule has 0 aliphatic carbocycles. The molecule has 2 saturated heterocycles. The number of benzene rings is 1. The summed E-state index contributed by atoms with van der Waals surface area (Å²) >= 11 is 3.19. The van der Waals surface area contributed by atoms with Gasteiger partial charge in [-0.2, -0.15) is 0 Å². The van der Waals surface area contributed by atoms with Crippen molar-refractivity contribution >= 4 is 27.7 Å². The Kier molecular flexibility index (Phi) is 3.97. The second-order valence-electron chi connectivity index (χ2n) is 5.64. The highest BCUT2D eigenvalue weighted by Gasteiger charge is 2.35. The number of carbonyl (C=O) groups excluding carboxylic acids is 2. The summed E-state index contributed by atoms with van der Waals surface area (Å²) in [6.45, 7) is 1.13. The summed E-state index contributed by atoms with van der Waals surface area (Å²) in [4.78, 5) is 25.5. The van der Waals surface area contributed by atoms with E-state index in [1.807, 2.05) is 0 Å². The number of nitrogens with zero attached hydrogens (tertiary/aromatic N) is 1. The Morgan fingerprint density at radius 1 is 1.38 bits per heavy atom. The van der Waals surface area contributed by atoms with E-state index in [0.717, 1.165) is 12.8 Å². The van der Waals surface area contributed by atoms with Crippen LogP contribution in [0.1, 0.15) is 29.6 Å². The van der Waals surface area contributed by atoms with Gasteiger partial charge in [0.15, 0.2) is 0 Å². The van der Waals surface area contributed by atoms with Crippen LogP contribution in [0.3, 0.4) is 0 Å². The Balaban J connectivity index is 1.73. The molecular formula is C15H16BrFN2O2. The first kappa shape index (κ1) is 14.5. The van der Waals surface area contributed by atoms with Gasteiger partial charge in [0.05, 0.1) is 5.56 Å². The summed E-state index contributed by atoms with van der Waals surface area (Å²) in [5.74, 6) is -0.405. The van der Waals surface area contributed by atoms with Gasteiger partial charge < -0.3 is 10.2 Å². The molecule has 1 N–H and O–H groups in total. The van der Waals surface area contributed by atoms with Crippen molar-refractivity contribution < 1.29 is 14.0 Å². The maximum Gasteiger partial charge on any atom is 0.256 e. The average molecular weight is 355 g/mol. The first-order chi connectivity index (χ1) is 10.0. The molecule has 0 bridgehead atoms.